The van der Waals surface area contributed by atoms with Crippen LogP contribution in [0.25, 0.3) is 0 Å². The quantitative estimate of drug-likeness (QED) is 0.779. The summed E-state index contributed by atoms with van der Waals surface area (Å²) in [4.78, 5) is 12.8. The molecule has 156 valence electrons. The van der Waals surface area contributed by atoms with Crippen molar-refractivity contribution in [2.45, 2.75) is 69.6 Å². The summed E-state index contributed by atoms with van der Waals surface area (Å²) in [5.74, 6) is 1.02. The minimum Gasteiger partial charge on any atom is -0.356 e. The molecule has 1 aromatic carbocycles. The van der Waals surface area contributed by atoms with E-state index in [0.717, 1.165) is 12.1 Å². The fourth-order valence-corrected chi connectivity index (χ4v) is 5.78. The summed E-state index contributed by atoms with van der Waals surface area (Å²) in [7, 11) is -3.48. The molecule has 5 nitrogen and oxygen atoms in total. The molecule has 1 N–H and O–H groups in total. The highest BCUT2D eigenvalue weighted by atomic mass is 32.2. The smallest absolute Gasteiger partial charge is 0.243 e. The molecular weight excluding hydrogens is 372 g/mol. The van der Waals surface area contributed by atoms with E-state index in [1.165, 1.54) is 36.4 Å². The van der Waals surface area contributed by atoms with Gasteiger partial charge >= 0.3 is 0 Å². The van der Waals surface area contributed by atoms with Crippen molar-refractivity contribution in [2.24, 2.45) is 11.8 Å². The maximum atomic E-state index is 12.9. The van der Waals surface area contributed by atoms with Gasteiger partial charge < -0.3 is 5.32 Å². The van der Waals surface area contributed by atoms with E-state index in [4.69, 9.17) is 0 Å². The summed E-state index contributed by atoms with van der Waals surface area (Å²) in [5.41, 5.74) is 1.13. The van der Waals surface area contributed by atoms with Crippen molar-refractivity contribution in [1.82, 2.24) is 9.62 Å². The normalized spacial score (nSPS) is 20.4. The van der Waals surface area contributed by atoms with Gasteiger partial charge in [0.05, 0.1) is 4.90 Å². The molecule has 1 saturated heterocycles. The van der Waals surface area contributed by atoms with Crippen LogP contribution in [-0.2, 0) is 14.8 Å². The third kappa shape index (κ3) is 5.15. The Morgan fingerprint density at radius 1 is 1.04 bits per heavy atom. The fourth-order valence-electron chi connectivity index (χ4n) is 4.31. The second-order valence-electron chi connectivity index (χ2n) is 8.65. The first kappa shape index (κ1) is 21.3. The number of nitrogens with zero attached hydrogens (tertiary/aromatic N) is 1. The van der Waals surface area contributed by atoms with Crippen molar-refractivity contribution in [3.05, 3.63) is 29.8 Å². The van der Waals surface area contributed by atoms with Crippen molar-refractivity contribution in [1.29, 1.82) is 0 Å². The monoisotopic (exact) mass is 406 g/mol. The summed E-state index contributed by atoms with van der Waals surface area (Å²) in [6, 6.07) is 7.19. The van der Waals surface area contributed by atoms with Crippen LogP contribution in [0.2, 0.25) is 0 Å². The highest BCUT2D eigenvalue weighted by molar-refractivity contribution is 7.89. The standard InChI is InChI=1S/C22H34N2O3S/c1-17(2)19-8-10-21(11-9-19)28(26,27)24-14-12-20(13-15-24)22(25)23-16-18-6-4-3-5-7-18/h8-11,17-18,20H,3-7,12-16H2,1-2H3,(H,23,25). The molecule has 0 atom stereocenters. The Morgan fingerprint density at radius 2 is 1.64 bits per heavy atom. The van der Waals surface area contributed by atoms with Gasteiger partial charge in [0.25, 0.3) is 0 Å². The van der Waals surface area contributed by atoms with Crippen LogP contribution in [0.1, 0.15) is 70.3 Å². The van der Waals surface area contributed by atoms with Crippen molar-refractivity contribution in [3.8, 4) is 0 Å². The number of piperidine rings is 1. The molecule has 1 heterocycles. The molecule has 1 saturated carbocycles. The summed E-state index contributed by atoms with van der Waals surface area (Å²) < 4.78 is 27.3. The number of carbonyl (C=O) groups is 1. The summed E-state index contributed by atoms with van der Waals surface area (Å²) >= 11 is 0. The van der Waals surface area contributed by atoms with E-state index in [1.54, 1.807) is 12.1 Å². The summed E-state index contributed by atoms with van der Waals surface area (Å²) in [6.45, 7) is 5.78. The molecule has 6 heteroatoms. The topological polar surface area (TPSA) is 66.5 Å². The lowest BCUT2D eigenvalue weighted by atomic mass is 9.89. The van der Waals surface area contributed by atoms with E-state index in [0.29, 0.717) is 42.7 Å². The van der Waals surface area contributed by atoms with Gasteiger partial charge in [-0.05, 0) is 55.2 Å². The average molecular weight is 407 g/mol. The van der Waals surface area contributed by atoms with Crippen LogP contribution in [0.4, 0.5) is 0 Å². The Morgan fingerprint density at radius 3 is 2.21 bits per heavy atom. The fraction of sp³-hybridized carbons (Fsp3) is 0.682. The van der Waals surface area contributed by atoms with Crippen molar-refractivity contribution in [2.75, 3.05) is 19.6 Å². The SMILES string of the molecule is CC(C)c1ccc(S(=O)(=O)N2CCC(C(=O)NCC3CCCCC3)CC2)cc1. The third-order valence-electron chi connectivity index (χ3n) is 6.30. The van der Waals surface area contributed by atoms with Crippen LogP contribution in [0, 0.1) is 11.8 Å². The molecule has 0 bridgehead atoms. The number of sulfonamides is 1. The van der Waals surface area contributed by atoms with Crippen LogP contribution in [0.5, 0.6) is 0 Å². The maximum Gasteiger partial charge on any atom is 0.243 e. The van der Waals surface area contributed by atoms with Gasteiger partial charge in [0.15, 0.2) is 0 Å². The van der Waals surface area contributed by atoms with Crippen LogP contribution in [0.3, 0.4) is 0 Å². The van der Waals surface area contributed by atoms with E-state index < -0.39 is 10.0 Å². The molecule has 2 fully saturated rings. The molecule has 0 unspecified atom stereocenters. The minimum atomic E-state index is -3.48. The van der Waals surface area contributed by atoms with Crippen molar-refractivity contribution in [3.63, 3.8) is 0 Å². The van der Waals surface area contributed by atoms with Crippen molar-refractivity contribution < 1.29 is 13.2 Å². The van der Waals surface area contributed by atoms with Gasteiger partial charge in [0, 0.05) is 25.6 Å². The minimum absolute atomic E-state index is 0.0710. The average Bonchev–Trinajstić information content (AvgIpc) is 2.73. The highest BCUT2D eigenvalue weighted by Gasteiger charge is 2.32. The molecule has 0 radical (unpaired) electrons. The molecule has 1 aliphatic carbocycles. The Kier molecular flexibility index (Phi) is 7.15. The second kappa shape index (κ2) is 9.40. The number of benzene rings is 1. The molecular formula is C22H34N2O3S. The van der Waals surface area contributed by atoms with Crippen LogP contribution in [-0.4, -0.2) is 38.3 Å². The van der Waals surface area contributed by atoms with Gasteiger partial charge in [-0.25, -0.2) is 8.42 Å². The molecule has 0 spiro atoms. The number of nitrogens with one attached hydrogen (secondary N) is 1. The van der Waals surface area contributed by atoms with Crippen molar-refractivity contribution >= 4 is 15.9 Å². The van der Waals surface area contributed by atoms with Gasteiger partial charge in [0.2, 0.25) is 15.9 Å². The number of hydrogen-bond donors (Lipinski definition) is 1. The highest BCUT2D eigenvalue weighted by Crippen LogP contribution is 2.26. The summed E-state index contributed by atoms with van der Waals surface area (Å²) in [5, 5.41) is 3.12. The van der Waals surface area contributed by atoms with E-state index >= 15 is 0 Å². The zero-order chi connectivity index (χ0) is 20.1. The third-order valence-corrected chi connectivity index (χ3v) is 8.21. The lowest BCUT2D eigenvalue weighted by molar-refractivity contribution is -0.126. The molecule has 1 aliphatic heterocycles. The molecule has 28 heavy (non-hydrogen) atoms. The summed E-state index contributed by atoms with van der Waals surface area (Å²) in [6.07, 6.45) is 7.49. The predicted octanol–water partition coefficient (Wildman–Crippen LogP) is 3.91. The first-order valence-electron chi connectivity index (χ1n) is 10.8. The van der Waals surface area contributed by atoms with Crippen LogP contribution < -0.4 is 5.32 Å². The molecule has 1 amide bonds. The number of amides is 1. The van der Waals surface area contributed by atoms with E-state index in [1.807, 2.05) is 12.1 Å². The van der Waals surface area contributed by atoms with Crippen LogP contribution >= 0.6 is 0 Å². The molecule has 0 aromatic heterocycles. The molecule has 3 rings (SSSR count). The van der Waals surface area contributed by atoms with Gasteiger partial charge in [-0.3, -0.25) is 4.79 Å². The van der Waals surface area contributed by atoms with Gasteiger partial charge in [-0.15, -0.1) is 0 Å². The zero-order valence-electron chi connectivity index (χ0n) is 17.2. The Labute approximate surface area is 169 Å². The molecule has 1 aromatic rings. The number of hydrogen-bond acceptors (Lipinski definition) is 3. The largest absolute Gasteiger partial charge is 0.356 e. The van der Waals surface area contributed by atoms with Gasteiger partial charge in [0.1, 0.15) is 0 Å². The zero-order valence-corrected chi connectivity index (χ0v) is 18.0. The lowest BCUT2D eigenvalue weighted by Gasteiger charge is -2.31. The Balaban J connectivity index is 1.51. The van der Waals surface area contributed by atoms with Gasteiger partial charge in [-0.1, -0.05) is 45.2 Å². The molecule has 2 aliphatic rings. The number of rotatable bonds is 6. The van der Waals surface area contributed by atoms with E-state index in [2.05, 4.69) is 19.2 Å². The predicted molar refractivity (Wildman–Crippen MR) is 112 cm³/mol. The van der Waals surface area contributed by atoms with Gasteiger partial charge in [-0.2, -0.15) is 4.31 Å². The first-order valence-corrected chi connectivity index (χ1v) is 12.2. The second-order valence-corrected chi connectivity index (χ2v) is 10.6. The first-order chi connectivity index (χ1) is 13.4. The van der Waals surface area contributed by atoms with E-state index in [-0.39, 0.29) is 11.8 Å². The Bertz CT molecular complexity index is 744. The van der Waals surface area contributed by atoms with Crippen LogP contribution in [0.15, 0.2) is 29.2 Å². The lowest BCUT2D eigenvalue weighted by Crippen LogP contribution is -2.43. The van der Waals surface area contributed by atoms with E-state index in [9.17, 15) is 13.2 Å². The maximum absolute atomic E-state index is 12.9. The number of carbonyl (C=O) groups excluding carboxylic acids is 1. The Hall–Kier alpha value is -1.40.